The molecule has 0 spiro atoms. The first-order chi connectivity index (χ1) is 17.0. The number of hydrogen-bond acceptors (Lipinski definition) is 6. The summed E-state index contributed by atoms with van der Waals surface area (Å²) in [6, 6.07) is 23.2. The van der Waals surface area contributed by atoms with Gasteiger partial charge in [0.2, 0.25) is 0 Å². The van der Waals surface area contributed by atoms with Gasteiger partial charge >= 0.3 is 29.6 Å². The molecule has 0 saturated carbocycles. The van der Waals surface area contributed by atoms with Gasteiger partial charge < -0.3 is 19.4 Å². The fraction of sp³-hybridized carbons (Fsp3) is 0.172. The minimum Gasteiger partial charge on any atom is -0.545 e. The normalized spacial score (nSPS) is 11.9. The number of carbonyl (C=O) groups excluding carboxylic acids is 1. The fourth-order valence-electron chi connectivity index (χ4n) is 4.41. The SMILES string of the molecule is COCC(Oc1ccc(C)c2nc(-c3sc4ccccc4c3C)cc(C(=O)[O-])c12)c1ccccc1.[Na+]. The Kier molecular flexibility index (Phi) is 8.13. The number of benzene rings is 3. The number of carbonyl (C=O) groups is 1. The standard InChI is InChI=1S/C29H25NO4S.Na/c1-17-13-14-23(34-24(16-33-3)19-9-5-4-6-10-19)26-21(29(31)32)15-22(30-27(17)26)28-18(2)20-11-7-8-12-25(20)35-28;/h4-15,24H,16H2,1-3H3,(H,31,32);/q;+1/p-1. The van der Waals surface area contributed by atoms with Crippen LogP contribution in [0.4, 0.5) is 0 Å². The first kappa shape index (κ1) is 26.3. The van der Waals surface area contributed by atoms with E-state index in [0.717, 1.165) is 31.7 Å². The quantitative estimate of drug-likeness (QED) is 0.318. The Labute approximate surface area is 236 Å². The molecule has 0 bridgehead atoms. The minimum atomic E-state index is -1.27. The van der Waals surface area contributed by atoms with E-state index in [2.05, 4.69) is 12.1 Å². The van der Waals surface area contributed by atoms with Gasteiger partial charge in [-0.15, -0.1) is 11.3 Å². The van der Waals surface area contributed by atoms with Crippen molar-refractivity contribution < 1.29 is 48.9 Å². The molecular weight excluding hydrogens is 481 g/mol. The summed E-state index contributed by atoms with van der Waals surface area (Å²) >= 11 is 1.61. The summed E-state index contributed by atoms with van der Waals surface area (Å²) in [5.74, 6) is -0.835. The van der Waals surface area contributed by atoms with Crippen LogP contribution in [0.3, 0.4) is 0 Å². The van der Waals surface area contributed by atoms with Crippen LogP contribution in [-0.2, 0) is 4.74 Å². The molecule has 2 heterocycles. The molecule has 1 atom stereocenters. The van der Waals surface area contributed by atoms with Crippen molar-refractivity contribution in [3.63, 3.8) is 0 Å². The Hall–Kier alpha value is -2.74. The van der Waals surface area contributed by atoms with E-state index in [4.69, 9.17) is 14.5 Å². The largest absolute Gasteiger partial charge is 1.00 e. The van der Waals surface area contributed by atoms with Crippen molar-refractivity contribution in [2.75, 3.05) is 13.7 Å². The molecule has 36 heavy (non-hydrogen) atoms. The van der Waals surface area contributed by atoms with Gasteiger partial charge in [0.05, 0.1) is 34.1 Å². The zero-order valence-corrected chi connectivity index (χ0v) is 23.5. The number of aryl methyl sites for hydroxylation is 2. The van der Waals surface area contributed by atoms with Crippen LogP contribution < -0.4 is 39.4 Å². The van der Waals surface area contributed by atoms with E-state index in [0.29, 0.717) is 29.0 Å². The van der Waals surface area contributed by atoms with Gasteiger partial charge in [-0.25, -0.2) is 4.98 Å². The van der Waals surface area contributed by atoms with Crippen molar-refractivity contribution in [3.8, 4) is 16.3 Å². The number of carboxylic acid groups (broad SMARTS) is 1. The molecule has 0 amide bonds. The number of rotatable bonds is 7. The molecule has 0 fully saturated rings. The number of hydrogen-bond donors (Lipinski definition) is 0. The molecule has 0 radical (unpaired) electrons. The summed E-state index contributed by atoms with van der Waals surface area (Å²) in [6.07, 6.45) is -0.411. The van der Waals surface area contributed by atoms with Gasteiger partial charge in [0.1, 0.15) is 11.9 Å². The third-order valence-electron chi connectivity index (χ3n) is 6.18. The molecule has 0 saturated heterocycles. The second kappa shape index (κ2) is 11.1. The molecule has 2 aromatic heterocycles. The number of methoxy groups -OCH3 is 1. The van der Waals surface area contributed by atoms with Crippen molar-refractivity contribution in [3.05, 3.63) is 95.1 Å². The number of pyridine rings is 1. The van der Waals surface area contributed by atoms with Gasteiger partial charge in [-0.1, -0.05) is 54.6 Å². The van der Waals surface area contributed by atoms with Gasteiger partial charge in [-0.2, -0.15) is 0 Å². The zero-order chi connectivity index (χ0) is 24.5. The average Bonchev–Trinajstić information content (AvgIpc) is 3.21. The van der Waals surface area contributed by atoms with Crippen LogP contribution >= 0.6 is 11.3 Å². The zero-order valence-electron chi connectivity index (χ0n) is 20.7. The summed E-state index contributed by atoms with van der Waals surface area (Å²) in [6.45, 7) is 4.27. The van der Waals surface area contributed by atoms with E-state index >= 15 is 0 Å². The van der Waals surface area contributed by atoms with E-state index < -0.39 is 12.1 Å². The van der Waals surface area contributed by atoms with Crippen LogP contribution in [0.2, 0.25) is 0 Å². The number of ether oxygens (including phenoxy) is 2. The molecule has 5 rings (SSSR count). The summed E-state index contributed by atoms with van der Waals surface area (Å²) in [5.41, 5.74) is 4.13. The molecular formula is C29H24NNaO4S. The second-order valence-electron chi connectivity index (χ2n) is 8.47. The maximum absolute atomic E-state index is 12.4. The van der Waals surface area contributed by atoms with E-state index in [1.54, 1.807) is 30.6 Å². The predicted octanol–water partition coefficient (Wildman–Crippen LogP) is 2.87. The number of nitrogens with zero attached hydrogens (tertiary/aromatic N) is 1. The summed E-state index contributed by atoms with van der Waals surface area (Å²) in [5, 5.41) is 14.0. The summed E-state index contributed by atoms with van der Waals surface area (Å²) in [4.78, 5) is 18.3. The molecule has 176 valence electrons. The smallest absolute Gasteiger partial charge is 0.545 e. The Morgan fingerprint density at radius 1 is 1.03 bits per heavy atom. The summed E-state index contributed by atoms with van der Waals surface area (Å²) in [7, 11) is 1.61. The van der Waals surface area contributed by atoms with Gasteiger partial charge in [-0.3, -0.25) is 0 Å². The predicted molar refractivity (Wildman–Crippen MR) is 138 cm³/mol. The van der Waals surface area contributed by atoms with Crippen LogP contribution in [0.25, 0.3) is 31.6 Å². The Morgan fingerprint density at radius 3 is 2.44 bits per heavy atom. The van der Waals surface area contributed by atoms with Crippen molar-refractivity contribution in [2.24, 2.45) is 0 Å². The van der Waals surface area contributed by atoms with Crippen LogP contribution in [-0.4, -0.2) is 24.7 Å². The van der Waals surface area contributed by atoms with E-state index in [-0.39, 0.29) is 35.1 Å². The van der Waals surface area contributed by atoms with Crippen LogP contribution in [0, 0.1) is 13.8 Å². The first-order valence-corrected chi connectivity index (χ1v) is 12.1. The van der Waals surface area contributed by atoms with Gasteiger partial charge in [0.15, 0.2) is 0 Å². The number of aromatic carboxylic acids is 1. The van der Waals surface area contributed by atoms with Crippen LogP contribution in [0.1, 0.15) is 33.2 Å². The van der Waals surface area contributed by atoms with Crippen molar-refractivity contribution >= 4 is 38.3 Å². The third kappa shape index (κ3) is 4.92. The first-order valence-electron chi connectivity index (χ1n) is 11.3. The fourth-order valence-corrected chi connectivity index (χ4v) is 5.58. The monoisotopic (exact) mass is 505 g/mol. The van der Waals surface area contributed by atoms with Crippen molar-refractivity contribution in [2.45, 2.75) is 20.0 Å². The maximum Gasteiger partial charge on any atom is 1.00 e. The van der Waals surface area contributed by atoms with E-state index in [1.165, 1.54) is 0 Å². The van der Waals surface area contributed by atoms with Crippen molar-refractivity contribution in [1.82, 2.24) is 4.98 Å². The number of fused-ring (bicyclic) bond motifs is 2. The number of aromatic nitrogens is 1. The average molecular weight is 506 g/mol. The number of carboxylic acids is 1. The molecule has 1 unspecified atom stereocenters. The molecule has 7 heteroatoms. The van der Waals surface area contributed by atoms with E-state index in [1.807, 2.05) is 62.4 Å². The second-order valence-corrected chi connectivity index (χ2v) is 9.52. The van der Waals surface area contributed by atoms with Gasteiger partial charge in [0.25, 0.3) is 0 Å². The summed E-state index contributed by atoms with van der Waals surface area (Å²) < 4.78 is 12.9. The van der Waals surface area contributed by atoms with Gasteiger partial charge in [0, 0.05) is 17.4 Å². The Morgan fingerprint density at radius 2 is 1.75 bits per heavy atom. The molecule has 5 nitrogen and oxygen atoms in total. The Balaban J connectivity index is 0.00000304. The van der Waals surface area contributed by atoms with Crippen LogP contribution in [0.5, 0.6) is 5.75 Å². The molecule has 0 N–H and O–H groups in total. The Bertz CT molecular complexity index is 1550. The van der Waals surface area contributed by atoms with Crippen LogP contribution in [0.15, 0.2) is 72.8 Å². The molecule has 3 aromatic carbocycles. The third-order valence-corrected chi connectivity index (χ3v) is 7.47. The minimum absolute atomic E-state index is 0. The topological polar surface area (TPSA) is 71.5 Å². The molecule has 0 aliphatic carbocycles. The molecule has 0 aliphatic rings. The van der Waals surface area contributed by atoms with E-state index in [9.17, 15) is 9.90 Å². The molecule has 5 aromatic rings. The molecule has 0 aliphatic heterocycles. The van der Waals surface area contributed by atoms with Crippen molar-refractivity contribution in [1.29, 1.82) is 0 Å². The number of thiophene rings is 1. The maximum atomic E-state index is 12.4. The van der Waals surface area contributed by atoms with Gasteiger partial charge in [-0.05, 0) is 54.1 Å².